The van der Waals surface area contributed by atoms with Gasteiger partial charge in [-0.1, -0.05) is 24.3 Å². The average Bonchev–Trinajstić information content (AvgIpc) is 3.40. The van der Waals surface area contributed by atoms with E-state index in [4.69, 9.17) is 21.9 Å². The van der Waals surface area contributed by atoms with Crippen molar-refractivity contribution in [3.05, 3.63) is 107 Å². The van der Waals surface area contributed by atoms with Gasteiger partial charge in [0.15, 0.2) is 5.11 Å². The molecule has 4 aromatic rings. The third-order valence-corrected chi connectivity index (χ3v) is 7.57. The van der Waals surface area contributed by atoms with E-state index in [1.54, 1.807) is 0 Å². The summed E-state index contributed by atoms with van der Waals surface area (Å²) in [6, 6.07) is 22.1. The first kappa shape index (κ1) is 26.6. The Morgan fingerprint density at radius 1 is 1.03 bits per heavy atom. The van der Waals surface area contributed by atoms with Crippen molar-refractivity contribution in [1.29, 1.82) is 0 Å². The smallest absolute Gasteiger partial charge is 0.250 e. The van der Waals surface area contributed by atoms with Gasteiger partial charge in [-0.25, -0.2) is 0 Å². The van der Waals surface area contributed by atoms with E-state index in [9.17, 15) is 4.79 Å². The fraction of sp³-hybridized carbons (Fsp3) is 0.258. The van der Waals surface area contributed by atoms with Gasteiger partial charge in [-0.2, -0.15) is 0 Å². The van der Waals surface area contributed by atoms with E-state index in [0.29, 0.717) is 10.8 Å². The molecule has 0 bridgehead atoms. The molecule has 0 spiro atoms. The second kappa shape index (κ2) is 11.0. The summed E-state index contributed by atoms with van der Waals surface area (Å²) >= 11 is 5.93. The summed E-state index contributed by atoms with van der Waals surface area (Å²) in [7, 11) is 1.50. The molecule has 2 aromatic heterocycles. The van der Waals surface area contributed by atoms with Crippen molar-refractivity contribution in [2.45, 2.75) is 39.8 Å². The largest absolute Gasteiger partial charge is 0.375 e. The molecular weight excluding hydrogens is 506 g/mol. The topological polar surface area (TPSA) is 71.4 Å². The first-order valence-electron chi connectivity index (χ1n) is 12.9. The molecule has 2 atom stereocenters. The molecule has 3 heterocycles. The second-order valence-electron chi connectivity index (χ2n) is 9.93. The van der Waals surface area contributed by atoms with Gasteiger partial charge >= 0.3 is 0 Å². The second-order valence-corrected chi connectivity index (χ2v) is 10.3. The summed E-state index contributed by atoms with van der Waals surface area (Å²) in [5.74, 6) is -0.198. The van der Waals surface area contributed by atoms with Crippen LogP contribution in [0.4, 0.5) is 11.4 Å². The van der Waals surface area contributed by atoms with E-state index >= 15 is 0 Å². The summed E-state index contributed by atoms with van der Waals surface area (Å²) in [6.45, 7) is 8.65. The van der Waals surface area contributed by atoms with Gasteiger partial charge in [-0.3, -0.25) is 9.78 Å². The molecule has 2 aromatic carbocycles. The van der Waals surface area contributed by atoms with Crippen LogP contribution in [0.15, 0.2) is 72.9 Å². The van der Waals surface area contributed by atoms with Crippen molar-refractivity contribution >= 4 is 34.6 Å². The number of amides is 1. The molecule has 2 unspecified atom stereocenters. The first-order valence-corrected chi connectivity index (χ1v) is 13.4. The molecule has 1 amide bonds. The maximum Gasteiger partial charge on any atom is 0.250 e. The van der Waals surface area contributed by atoms with Gasteiger partial charge in [-0.05, 0) is 99.1 Å². The Balaban J connectivity index is 1.61. The fourth-order valence-electron chi connectivity index (χ4n) is 5.57. The number of nitrogens with zero attached hydrogens (tertiary/aromatic N) is 3. The summed E-state index contributed by atoms with van der Waals surface area (Å²) in [6.07, 6.45) is 1.82. The summed E-state index contributed by atoms with van der Waals surface area (Å²) in [5.41, 5.74) is 9.72. The number of aryl methyl sites for hydroxylation is 3. The number of benzene rings is 2. The van der Waals surface area contributed by atoms with E-state index in [2.05, 4.69) is 72.1 Å². The molecule has 1 saturated heterocycles. The molecular formula is C31H33N5O2S. The maximum atomic E-state index is 12.0. The number of pyridine rings is 1. The predicted octanol–water partition coefficient (Wildman–Crippen LogP) is 5.87. The van der Waals surface area contributed by atoms with Gasteiger partial charge in [0.05, 0.1) is 23.5 Å². The molecule has 8 heteroatoms. The molecule has 1 aliphatic heterocycles. The van der Waals surface area contributed by atoms with Gasteiger partial charge in [0, 0.05) is 36.1 Å². The molecule has 7 nitrogen and oxygen atoms in total. The van der Waals surface area contributed by atoms with Crippen molar-refractivity contribution in [2.24, 2.45) is 0 Å². The Kier molecular flexibility index (Phi) is 7.50. The number of carbonyl (C=O) groups is 1. The van der Waals surface area contributed by atoms with Crippen LogP contribution in [0.5, 0.6) is 0 Å². The molecule has 1 aliphatic rings. The van der Waals surface area contributed by atoms with Crippen LogP contribution in [-0.4, -0.2) is 34.3 Å². The van der Waals surface area contributed by atoms with Crippen LogP contribution >= 0.6 is 12.2 Å². The monoisotopic (exact) mass is 539 g/mol. The van der Waals surface area contributed by atoms with Gasteiger partial charge in [0.1, 0.15) is 6.61 Å². The standard InChI is InChI=1S/C31H33N5O2S/c1-19-9-8-10-20(2)29(19)35-21(3)17-25(22(35)4)30-28(26-11-6-7-16-32-26)34-31(39)36(30)24-14-12-23(13-15-24)33-27(37)18-38-5/h6-17,28,30H,18H2,1-5H3,(H,33,37)(H,34,39). The minimum absolute atomic E-state index is 0.00565. The Morgan fingerprint density at radius 3 is 2.38 bits per heavy atom. The number of hydrogen-bond donors (Lipinski definition) is 2. The van der Waals surface area contributed by atoms with Crippen LogP contribution in [0, 0.1) is 27.7 Å². The number of methoxy groups -OCH3 is 1. The fourth-order valence-corrected chi connectivity index (χ4v) is 5.92. The third-order valence-electron chi connectivity index (χ3n) is 7.25. The highest BCUT2D eigenvalue weighted by Crippen LogP contribution is 2.44. The Hall–Kier alpha value is -4.01. The zero-order chi connectivity index (χ0) is 27.7. The molecule has 39 heavy (non-hydrogen) atoms. The number of rotatable bonds is 7. The highest BCUT2D eigenvalue weighted by molar-refractivity contribution is 7.80. The Morgan fingerprint density at radius 2 is 1.74 bits per heavy atom. The van der Waals surface area contributed by atoms with Crippen molar-refractivity contribution in [2.75, 3.05) is 23.9 Å². The van der Waals surface area contributed by atoms with Crippen LogP contribution in [0.3, 0.4) is 0 Å². The normalized spacial score (nSPS) is 16.8. The highest BCUT2D eigenvalue weighted by Gasteiger charge is 2.42. The minimum atomic E-state index is -0.198. The quantitative estimate of drug-likeness (QED) is 0.286. The van der Waals surface area contributed by atoms with Gasteiger partial charge < -0.3 is 24.8 Å². The zero-order valence-electron chi connectivity index (χ0n) is 22.9. The summed E-state index contributed by atoms with van der Waals surface area (Å²) in [4.78, 5) is 18.8. The van der Waals surface area contributed by atoms with Crippen molar-refractivity contribution in [1.82, 2.24) is 14.9 Å². The van der Waals surface area contributed by atoms with Gasteiger partial charge in [-0.15, -0.1) is 0 Å². The SMILES string of the molecule is COCC(=O)Nc1ccc(N2C(=S)NC(c3ccccn3)C2c2cc(C)n(-c3c(C)cccc3C)c2C)cc1. The number of aromatic nitrogens is 2. The lowest BCUT2D eigenvalue weighted by atomic mass is 9.96. The third kappa shape index (κ3) is 5.05. The number of hydrogen-bond acceptors (Lipinski definition) is 4. The number of nitrogens with one attached hydrogen (secondary N) is 2. The Bertz CT molecular complexity index is 1490. The molecule has 0 radical (unpaired) electrons. The van der Waals surface area contributed by atoms with Crippen LogP contribution in [-0.2, 0) is 9.53 Å². The molecule has 1 fully saturated rings. The van der Waals surface area contributed by atoms with E-state index in [0.717, 1.165) is 22.8 Å². The van der Waals surface area contributed by atoms with E-state index < -0.39 is 0 Å². The molecule has 200 valence electrons. The van der Waals surface area contributed by atoms with Crippen LogP contribution < -0.4 is 15.5 Å². The average molecular weight is 540 g/mol. The Labute approximate surface area is 234 Å². The van der Waals surface area contributed by atoms with E-state index in [1.165, 1.54) is 29.5 Å². The first-order chi connectivity index (χ1) is 18.8. The van der Waals surface area contributed by atoms with Crippen molar-refractivity contribution in [3.63, 3.8) is 0 Å². The van der Waals surface area contributed by atoms with Gasteiger partial charge in [0.2, 0.25) is 5.91 Å². The van der Waals surface area contributed by atoms with Gasteiger partial charge in [0.25, 0.3) is 0 Å². The number of para-hydroxylation sites is 1. The number of anilines is 2. The highest BCUT2D eigenvalue weighted by atomic mass is 32.1. The molecule has 0 saturated carbocycles. The van der Waals surface area contributed by atoms with Crippen molar-refractivity contribution < 1.29 is 9.53 Å². The van der Waals surface area contributed by atoms with Crippen LogP contribution in [0.2, 0.25) is 0 Å². The zero-order valence-corrected chi connectivity index (χ0v) is 23.7. The predicted molar refractivity (Wildman–Crippen MR) is 160 cm³/mol. The van der Waals surface area contributed by atoms with Crippen LogP contribution in [0.1, 0.15) is 45.9 Å². The number of ether oxygens (including phenoxy) is 1. The lowest BCUT2D eigenvalue weighted by Crippen LogP contribution is -2.29. The molecule has 2 N–H and O–H groups in total. The van der Waals surface area contributed by atoms with Crippen molar-refractivity contribution in [3.8, 4) is 5.69 Å². The minimum Gasteiger partial charge on any atom is -0.375 e. The van der Waals surface area contributed by atoms with Crippen LogP contribution in [0.25, 0.3) is 5.69 Å². The molecule has 5 rings (SSSR count). The lowest BCUT2D eigenvalue weighted by molar-refractivity contribution is -0.119. The maximum absolute atomic E-state index is 12.0. The lowest BCUT2D eigenvalue weighted by Gasteiger charge is -2.28. The van der Waals surface area contributed by atoms with E-state index in [-0.39, 0.29) is 24.6 Å². The summed E-state index contributed by atoms with van der Waals surface area (Å²) < 4.78 is 7.28. The number of thiocarbonyl (C=S) groups is 1. The summed E-state index contributed by atoms with van der Waals surface area (Å²) in [5, 5.41) is 7.03. The van der Waals surface area contributed by atoms with E-state index in [1.807, 2.05) is 48.7 Å². The number of carbonyl (C=O) groups excluding carboxylic acids is 1. The molecule has 0 aliphatic carbocycles.